The highest BCUT2D eigenvalue weighted by Crippen LogP contribution is 2.08. The minimum atomic E-state index is -0.345. The maximum atomic E-state index is 11.6. The highest BCUT2D eigenvalue weighted by atomic mass is 16.1. The number of nitrogens with one attached hydrogen (secondary N) is 1. The van der Waals surface area contributed by atoms with Crippen molar-refractivity contribution in [3.63, 3.8) is 0 Å². The van der Waals surface area contributed by atoms with E-state index in [1.807, 2.05) is 13.8 Å². The summed E-state index contributed by atoms with van der Waals surface area (Å²) < 4.78 is 0. The van der Waals surface area contributed by atoms with E-state index in [-0.39, 0.29) is 17.9 Å². The molecular formula is C15H28N2O. The van der Waals surface area contributed by atoms with Crippen LogP contribution in [0.2, 0.25) is 0 Å². The summed E-state index contributed by atoms with van der Waals surface area (Å²) in [7, 11) is 0. The molecule has 1 N–H and O–H groups in total. The monoisotopic (exact) mass is 252 g/mol. The third-order valence-corrected chi connectivity index (χ3v) is 3.13. The molecule has 0 aromatic carbocycles. The first-order chi connectivity index (χ1) is 8.61. The zero-order chi connectivity index (χ0) is 13.8. The molecule has 3 heteroatoms. The van der Waals surface area contributed by atoms with Crippen LogP contribution in [0, 0.1) is 17.2 Å². The predicted octanol–water partition coefficient (Wildman–Crippen LogP) is 3.79. The summed E-state index contributed by atoms with van der Waals surface area (Å²) in [5.74, 6) is 0.191. The second-order valence-electron chi connectivity index (χ2n) is 5.29. The Labute approximate surface area is 112 Å². The number of carbonyl (C=O) groups is 1. The van der Waals surface area contributed by atoms with Crippen molar-refractivity contribution >= 4 is 5.91 Å². The number of hydrogen-bond donors (Lipinski definition) is 1. The normalized spacial score (nSPS) is 12.2. The number of nitrogens with zero attached hydrogens (tertiary/aromatic N) is 1. The van der Waals surface area contributed by atoms with E-state index >= 15 is 0 Å². The van der Waals surface area contributed by atoms with Gasteiger partial charge >= 0.3 is 0 Å². The lowest BCUT2D eigenvalue weighted by Crippen LogP contribution is -2.37. The number of carbonyl (C=O) groups excluding carboxylic acids is 1. The maximum absolute atomic E-state index is 11.6. The molecule has 0 aliphatic heterocycles. The predicted molar refractivity (Wildman–Crippen MR) is 75.0 cm³/mol. The molecule has 0 saturated carbocycles. The van der Waals surface area contributed by atoms with Gasteiger partial charge in [-0.05, 0) is 12.3 Å². The summed E-state index contributed by atoms with van der Waals surface area (Å²) in [6.45, 7) is 6.11. The van der Waals surface area contributed by atoms with E-state index in [1.54, 1.807) is 0 Å². The van der Waals surface area contributed by atoms with Crippen molar-refractivity contribution in [2.75, 3.05) is 0 Å². The van der Waals surface area contributed by atoms with E-state index in [4.69, 9.17) is 5.26 Å². The van der Waals surface area contributed by atoms with Crippen molar-refractivity contribution in [3.05, 3.63) is 0 Å². The minimum Gasteiger partial charge on any atom is -0.340 e. The molecule has 0 fully saturated rings. The quantitative estimate of drug-likeness (QED) is 0.601. The van der Waals surface area contributed by atoms with Gasteiger partial charge in [0.1, 0.15) is 6.04 Å². The lowest BCUT2D eigenvalue weighted by atomic mass is 10.1. The zero-order valence-corrected chi connectivity index (χ0v) is 12.2. The van der Waals surface area contributed by atoms with Crippen molar-refractivity contribution < 1.29 is 4.79 Å². The largest absolute Gasteiger partial charge is 0.340 e. The fraction of sp³-hybridized carbons (Fsp3) is 0.867. The van der Waals surface area contributed by atoms with Crippen LogP contribution < -0.4 is 5.32 Å². The van der Waals surface area contributed by atoms with Gasteiger partial charge in [0.15, 0.2) is 0 Å². The Bertz CT molecular complexity index is 256. The molecule has 0 aromatic heterocycles. The van der Waals surface area contributed by atoms with E-state index in [9.17, 15) is 4.79 Å². The number of amides is 1. The second kappa shape index (κ2) is 11.1. The van der Waals surface area contributed by atoms with Gasteiger partial charge < -0.3 is 5.32 Å². The van der Waals surface area contributed by atoms with Crippen LogP contribution in [0.15, 0.2) is 0 Å². The Morgan fingerprint density at radius 1 is 1.11 bits per heavy atom. The first kappa shape index (κ1) is 17.0. The van der Waals surface area contributed by atoms with Crippen LogP contribution >= 0.6 is 0 Å². The third-order valence-electron chi connectivity index (χ3n) is 3.13. The molecule has 1 atom stereocenters. The van der Waals surface area contributed by atoms with Crippen LogP contribution in [0.5, 0.6) is 0 Å². The van der Waals surface area contributed by atoms with Crippen molar-refractivity contribution in [2.45, 2.75) is 78.2 Å². The van der Waals surface area contributed by atoms with Crippen molar-refractivity contribution in [1.82, 2.24) is 5.32 Å². The molecule has 0 heterocycles. The van der Waals surface area contributed by atoms with Gasteiger partial charge in [0.2, 0.25) is 5.91 Å². The number of nitriles is 1. The number of rotatable bonds is 10. The Balaban J connectivity index is 3.51. The molecule has 0 aromatic rings. The lowest BCUT2D eigenvalue weighted by molar-refractivity contribution is -0.121. The summed E-state index contributed by atoms with van der Waals surface area (Å²) >= 11 is 0. The summed E-state index contributed by atoms with van der Waals surface area (Å²) in [5.41, 5.74) is 0. The molecule has 0 radical (unpaired) electrons. The molecule has 1 unspecified atom stereocenters. The molecule has 3 nitrogen and oxygen atoms in total. The molecule has 0 aliphatic carbocycles. The average Bonchev–Trinajstić information content (AvgIpc) is 2.34. The topological polar surface area (TPSA) is 52.9 Å². The SMILES string of the molecule is CCCCCCCCCC(=O)NC(C#N)C(C)C. The van der Waals surface area contributed by atoms with Crippen LogP contribution in [-0.2, 0) is 4.79 Å². The highest BCUT2D eigenvalue weighted by Gasteiger charge is 2.14. The van der Waals surface area contributed by atoms with Gasteiger partial charge in [-0.15, -0.1) is 0 Å². The van der Waals surface area contributed by atoms with Crippen LogP contribution in [-0.4, -0.2) is 11.9 Å². The molecule has 0 aliphatic rings. The molecule has 1 amide bonds. The molecule has 104 valence electrons. The Morgan fingerprint density at radius 2 is 1.67 bits per heavy atom. The number of hydrogen-bond acceptors (Lipinski definition) is 2. The fourth-order valence-corrected chi connectivity index (χ4v) is 1.84. The Kier molecular flexibility index (Phi) is 10.4. The van der Waals surface area contributed by atoms with Crippen molar-refractivity contribution in [3.8, 4) is 6.07 Å². The molecule has 18 heavy (non-hydrogen) atoms. The molecular weight excluding hydrogens is 224 g/mol. The van der Waals surface area contributed by atoms with E-state index in [0.29, 0.717) is 6.42 Å². The summed E-state index contributed by atoms with van der Waals surface area (Å²) in [6, 6.07) is 1.78. The number of unbranched alkanes of at least 4 members (excludes halogenated alkanes) is 6. The summed E-state index contributed by atoms with van der Waals surface area (Å²) in [5, 5.41) is 11.6. The smallest absolute Gasteiger partial charge is 0.221 e. The first-order valence-electron chi connectivity index (χ1n) is 7.30. The zero-order valence-electron chi connectivity index (χ0n) is 12.2. The maximum Gasteiger partial charge on any atom is 0.221 e. The van der Waals surface area contributed by atoms with Crippen molar-refractivity contribution in [2.24, 2.45) is 5.92 Å². The van der Waals surface area contributed by atoms with E-state index in [0.717, 1.165) is 12.8 Å². The lowest BCUT2D eigenvalue weighted by Gasteiger charge is -2.14. The Morgan fingerprint density at radius 3 is 2.17 bits per heavy atom. The van der Waals surface area contributed by atoms with Gasteiger partial charge in [0.05, 0.1) is 6.07 Å². The van der Waals surface area contributed by atoms with Crippen LogP contribution in [0.3, 0.4) is 0 Å². The summed E-state index contributed by atoms with van der Waals surface area (Å²) in [6.07, 6.45) is 9.02. The molecule has 0 rings (SSSR count). The fourth-order valence-electron chi connectivity index (χ4n) is 1.84. The first-order valence-corrected chi connectivity index (χ1v) is 7.30. The van der Waals surface area contributed by atoms with Crippen LogP contribution in [0.4, 0.5) is 0 Å². The average molecular weight is 252 g/mol. The summed E-state index contributed by atoms with van der Waals surface area (Å²) in [4.78, 5) is 11.6. The van der Waals surface area contributed by atoms with Gasteiger partial charge in [-0.3, -0.25) is 4.79 Å². The molecule has 0 bridgehead atoms. The van der Waals surface area contributed by atoms with Gasteiger partial charge in [-0.2, -0.15) is 5.26 Å². The second-order valence-corrected chi connectivity index (χ2v) is 5.29. The van der Waals surface area contributed by atoms with Gasteiger partial charge in [0.25, 0.3) is 0 Å². The van der Waals surface area contributed by atoms with Gasteiger partial charge in [0, 0.05) is 6.42 Å². The standard InChI is InChI=1S/C15H28N2O/c1-4-5-6-7-8-9-10-11-15(18)17-14(12-16)13(2)3/h13-14H,4-11H2,1-3H3,(H,17,18). The molecule has 0 saturated heterocycles. The third kappa shape index (κ3) is 9.04. The highest BCUT2D eigenvalue weighted by molar-refractivity contribution is 5.76. The molecule has 0 spiro atoms. The minimum absolute atomic E-state index is 0.0174. The van der Waals surface area contributed by atoms with E-state index in [2.05, 4.69) is 18.3 Å². The van der Waals surface area contributed by atoms with Gasteiger partial charge in [-0.1, -0.05) is 59.3 Å². The van der Waals surface area contributed by atoms with E-state index in [1.165, 1.54) is 32.1 Å². The Hall–Kier alpha value is -1.04. The van der Waals surface area contributed by atoms with Crippen LogP contribution in [0.1, 0.15) is 72.1 Å². The van der Waals surface area contributed by atoms with Crippen molar-refractivity contribution in [1.29, 1.82) is 5.26 Å². The van der Waals surface area contributed by atoms with E-state index < -0.39 is 0 Å². The van der Waals surface area contributed by atoms with Crippen LogP contribution in [0.25, 0.3) is 0 Å². The van der Waals surface area contributed by atoms with Gasteiger partial charge in [-0.25, -0.2) is 0 Å².